The highest BCUT2D eigenvalue weighted by molar-refractivity contribution is 5.92. The van der Waals surface area contributed by atoms with Gasteiger partial charge in [-0.05, 0) is 25.8 Å². The summed E-state index contributed by atoms with van der Waals surface area (Å²) in [7, 11) is 1.66. The van der Waals surface area contributed by atoms with Crippen molar-refractivity contribution in [1.82, 2.24) is 19.9 Å². The van der Waals surface area contributed by atoms with Gasteiger partial charge in [0.1, 0.15) is 17.2 Å². The highest BCUT2D eigenvalue weighted by atomic mass is 16.5. The average molecular weight is 392 g/mol. The summed E-state index contributed by atoms with van der Waals surface area (Å²) < 4.78 is 11.5. The van der Waals surface area contributed by atoms with Gasteiger partial charge in [0.2, 0.25) is 0 Å². The molecule has 0 unspecified atom stereocenters. The van der Waals surface area contributed by atoms with Gasteiger partial charge in [0.15, 0.2) is 5.89 Å². The highest BCUT2D eigenvalue weighted by Crippen LogP contribution is 2.29. The maximum atomic E-state index is 12.8. The summed E-state index contributed by atoms with van der Waals surface area (Å²) in [4.78, 5) is 27.5. The van der Waals surface area contributed by atoms with Gasteiger partial charge in [0.25, 0.3) is 5.91 Å². The molecule has 29 heavy (non-hydrogen) atoms. The van der Waals surface area contributed by atoms with Crippen molar-refractivity contribution in [3.05, 3.63) is 71.5 Å². The Hall–Kier alpha value is -3.22. The molecule has 0 saturated carbocycles. The predicted molar refractivity (Wildman–Crippen MR) is 107 cm³/mol. The van der Waals surface area contributed by atoms with E-state index in [0.717, 1.165) is 35.6 Å². The lowest BCUT2D eigenvalue weighted by molar-refractivity contribution is 0.0691. The summed E-state index contributed by atoms with van der Waals surface area (Å²) in [6.07, 6.45) is 7.39. The second-order valence-electron chi connectivity index (χ2n) is 7.29. The molecule has 4 rings (SSSR count). The molecule has 1 aromatic carbocycles. The summed E-state index contributed by atoms with van der Waals surface area (Å²) in [6, 6.07) is 7.88. The zero-order valence-electron chi connectivity index (χ0n) is 16.7. The van der Waals surface area contributed by atoms with E-state index in [1.54, 1.807) is 19.5 Å². The summed E-state index contributed by atoms with van der Waals surface area (Å²) in [6.45, 7) is 3.13. The molecule has 3 heterocycles. The van der Waals surface area contributed by atoms with Crippen LogP contribution < -0.4 is 4.74 Å². The van der Waals surface area contributed by atoms with Gasteiger partial charge in [-0.15, -0.1) is 0 Å². The van der Waals surface area contributed by atoms with Crippen LogP contribution in [0.1, 0.15) is 52.2 Å². The number of piperidine rings is 1. The number of rotatable bonds is 5. The van der Waals surface area contributed by atoms with E-state index in [9.17, 15) is 4.79 Å². The molecule has 1 amide bonds. The monoisotopic (exact) mass is 392 g/mol. The van der Waals surface area contributed by atoms with Gasteiger partial charge in [-0.2, -0.15) is 0 Å². The number of carbonyl (C=O) groups is 1. The number of likely N-dealkylation sites (tertiary alicyclic amines) is 1. The maximum Gasteiger partial charge on any atom is 0.274 e. The minimum Gasteiger partial charge on any atom is -0.496 e. The van der Waals surface area contributed by atoms with Crippen molar-refractivity contribution in [2.75, 3.05) is 20.2 Å². The molecule has 0 spiro atoms. The lowest BCUT2D eigenvalue weighted by Crippen LogP contribution is -2.39. The number of benzene rings is 1. The third kappa shape index (κ3) is 4.29. The van der Waals surface area contributed by atoms with E-state index in [4.69, 9.17) is 9.15 Å². The van der Waals surface area contributed by atoms with Crippen LogP contribution >= 0.6 is 0 Å². The number of oxazole rings is 1. The van der Waals surface area contributed by atoms with Gasteiger partial charge in [-0.25, -0.2) is 9.97 Å². The summed E-state index contributed by atoms with van der Waals surface area (Å²) >= 11 is 0. The first kappa shape index (κ1) is 19.1. The minimum atomic E-state index is -0.0944. The van der Waals surface area contributed by atoms with Crippen LogP contribution in [-0.4, -0.2) is 46.0 Å². The molecule has 0 N–H and O–H groups in total. The van der Waals surface area contributed by atoms with Gasteiger partial charge < -0.3 is 14.1 Å². The average Bonchev–Trinajstić information content (AvgIpc) is 3.23. The number of aromatic nitrogens is 3. The molecule has 1 fully saturated rings. The van der Waals surface area contributed by atoms with Crippen molar-refractivity contribution in [2.24, 2.45) is 0 Å². The summed E-state index contributed by atoms with van der Waals surface area (Å²) in [5.41, 5.74) is 2.22. The molecule has 1 aliphatic rings. The molecule has 1 atom stereocenters. The zero-order chi connectivity index (χ0) is 20.2. The number of para-hydroxylation sites is 1. The van der Waals surface area contributed by atoms with Crippen LogP contribution in [0.15, 0.2) is 47.3 Å². The first-order valence-electron chi connectivity index (χ1n) is 9.78. The first-order valence-corrected chi connectivity index (χ1v) is 9.78. The fraction of sp³-hybridized carbons (Fsp3) is 0.364. The molecule has 0 radical (unpaired) electrons. The van der Waals surface area contributed by atoms with Gasteiger partial charge in [-0.1, -0.05) is 18.2 Å². The van der Waals surface area contributed by atoms with Crippen molar-refractivity contribution in [3.63, 3.8) is 0 Å². The number of ether oxygens (including phenoxy) is 1. The van der Waals surface area contributed by atoms with E-state index >= 15 is 0 Å². The third-order valence-electron chi connectivity index (χ3n) is 5.19. The Balaban J connectivity index is 1.45. The molecule has 150 valence electrons. The molecule has 1 saturated heterocycles. The van der Waals surface area contributed by atoms with Gasteiger partial charge in [0.05, 0.1) is 31.1 Å². The summed E-state index contributed by atoms with van der Waals surface area (Å²) in [5.74, 6) is 2.29. The lowest BCUT2D eigenvalue weighted by Gasteiger charge is -2.31. The predicted octanol–water partition coefficient (Wildman–Crippen LogP) is 3.39. The summed E-state index contributed by atoms with van der Waals surface area (Å²) in [5, 5.41) is 0. The standard InChI is InChI=1S/C22H24N4O3/c1-15-11-24-19(13-23-15)22(27)26-9-5-7-17(14-26)21-25-12-18(29-21)10-16-6-3-4-8-20(16)28-2/h3-4,6,8,11-13,17H,5,7,9-10,14H2,1-2H3/t17-/m1/s1. The molecule has 7 heteroatoms. The van der Waals surface area contributed by atoms with Crippen LogP contribution in [-0.2, 0) is 6.42 Å². The van der Waals surface area contributed by atoms with E-state index < -0.39 is 0 Å². The van der Waals surface area contributed by atoms with Crippen LogP contribution in [0.25, 0.3) is 0 Å². The number of carbonyl (C=O) groups excluding carboxylic acids is 1. The number of hydrogen-bond donors (Lipinski definition) is 0. The van der Waals surface area contributed by atoms with Crippen molar-refractivity contribution in [1.29, 1.82) is 0 Å². The van der Waals surface area contributed by atoms with Crippen molar-refractivity contribution in [3.8, 4) is 5.75 Å². The quantitative estimate of drug-likeness (QED) is 0.662. The fourth-order valence-electron chi connectivity index (χ4n) is 3.66. The molecule has 0 bridgehead atoms. The smallest absolute Gasteiger partial charge is 0.274 e. The number of amides is 1. The molecule has 1 aliphatic heterocycles. The number of nitrogens with zero attached hydrogens (tertiary/aromatic N) is 4. The van der Waals surface area contributed by atoms with Crippen molar-refractivity contribution < 1.29 is 13.9 Å². The Bertz CT molecular complexity index is 984. The highest BCUT2D eigenvalue weighted by Gasteiger charge is 2.29. The van der Waals surface area contributed by atoms with E-state index in [2.05, 4.69) is 15.0 Å². The Labute approximate surface area is 169 Å². The third-order valence-corrected chi connectivity index (χ3v) is 5.19. The molecule has 2 aromatic heterocycles. The molecule has 7 nitrogen and oxygen atoms in total. The Kier molecular flexibility index (Phi) is 5.55. The van der Waals surface area contributed by atoms with Crippen LogP contribution in [0.2, 0.25) is 0 Å². The number of methoxy groups -OCH3 is 1. The fourth-order valence-corrected chi connectivity index (χ4v) is 3.66. The Morgan fingerprint density at radius 2 is 2.07 bits per heavy atom. The SMILES string of the molecule is COc1ccccc1Cc1cnc([C@@H]2CCCN(C(=O)c3cnc(C)cn3)C2)o1. The van der Waals surface area contributed by atoms with Crippen molar-refractivity contribution >= 4 is 5.91 Å². The second-order valence-corrected chi connectivity index (χ2v) is 7.29. The van der Waals surface area contributed by atoms with Gasteiger partial charge in [0, 0.05) is 31.3 Å². The van der Waals surface area contributed by atoms with Gasteiger partial charge >= 0.3 is 0 Å². The molecule has 3 aromatic rings. The molecular formula is C22H24N4O3. The first-order chi connectivity index (χ1) is 14.1. The Morgan fingerprint density at radius 1 is 1.21 bits per heavy atom. The van der Waals surface area contributed by atoms with E-state index in [0.29, 0.717) is 31.1 Å². The van der Waals surface area contributed by atoms with E-state index in [-0.39, 0.29) is 11.8 Å². The Morgan fingerprint density at radius 3 is 2.86 bits per heavy atom. The van der Waals surface area contributed by atoms with Crippen LogP contribution in [0.3, 0.4) is 0 Å². The number of hydrogen-bond acceptors (Lipinski definition) is 6. The van der Waals surface area contributed by atoms with E-state index in [1.807, 2.05) is 36.1 Å². The normalized spacial score (nSPS) is 16.6. The maximum absolute atomic E-state index is 12.8. The largest absolute Gasteiger partial charge is 0.496 e. The van der Waals surface area contributed by atoms with Crippen LogP contribution in [0, 0.1) is 6.92 Å². The molecule has 0 aliphatic carbocycles. The van der Waals surface area contributed by atoms with Crippen molar-refractivity contribution in [2.45, 2.75) is 32.1 Å². The topological polar surface area (TPSA) is 81.4 Å². The lowest BCUT2D eigenvalue weighted by atomic mass is 9.98. The zero-order valence-corrected chi connectivity index (χ0v) is 16.7. The molecular weight excluding hydrogens is 368 g/mol. The van der Waals surface area contributed by atoms with Crippen LogP contribution in [0.5, 0.6) is 5.75 Å². The second kappa shape index (κ2) is 8.43. The minimum absolute atomic E-state index is 0.0810. The number of aryl methyl sites for hydroxylation is 1. The van der Waals surface area contributed by atoms with Gasteiger partial charge in [-0.3, -0.25) is 9.78 Å². The van der Waals surface area contributed by atoms with E-state index in [1.165, 1.54) is 6.20 Å². The van der Waals surface area contributed by atoms with Crippen LogP contribution in [0.4, 0.5) is 0 Å².